The number of carbonyl (C=O) groups excluding carboxylic acids is 4. The molecule has 4 amide bonds. The van der Waals surface area contributed by atoms with Crippen molar-refractivity contribution in [3.05, 3.63) is 0 Å². The Hall–Kier alpha value is -2.69. The number of hydrogen-bond donors (Lipinski definition) is 5. The molecule has 11 nitrogen and oxygen atoms in total. The molecule has 5 atom stereocenters. The average Bonchev–Trinajstić information content (AvgIpc) is 3.19. The van der Waals surface area contributed by atoms with Gasteiger partial charge in [0.25, 0.3) is 0 Å². The fraction of sp³-hybridized carbons (Fsp3) is 0.762. The molecule has 5 unspecified atom stereocenters. The third-order valence-electron chi connectivity index (χ3n) is 5.69. The van der Waals surface area contributed by atoms with E-state index in [1.54, 1.807) is 6.92 Å². The summed E-state index contributed by atoms with van der Waals surface area (Å²) < 4.78 is 0. The Labute approximate surface area is 188 Å². The summed E-state index contributed by atoms with van der Waals surface area (Å²) in [6.07, 6.45) is 1.46. The van der Waals surface area contributed by atoms with E-state index in [2.05, 4.69) is 10.6 Å². The first-order chi connectivity index (χ1) is 14.9. The maximum atomic E-state index is 13.1. The molecule has 1 saturated heterocycles. The molecule has 32 heavy (non-hydrogen) atoms. The van der Waals surface area contributed by atoms with E-state index in [9.17, 15) is 29.1 Å². The maximum absolute atomic E-state index is 13.1. The molecule has 1 heterocycles. The summed E-state index contributed by atoms with van der Waals surface area (Å²) >= 11 is 0. The minimum Gasteiger partial charge on any atom is -0.480 e. The number of hydrogen-bond acceptors (Lipinski definition) is 6. The molecule has 182 valence electrons. The number of primary amides is 1. The molecule has 0 saturated carbocycles. The van der Waals surface area contributed by atoms with Crippen LogP contribution in [0.1, 0.15) is 59.8 Å². The highest BCUT2D eigenvalue weighted by Gasteiger charge is 2.39. The summed E-state index contributed by atoms with van der Waals surface area (Å²) in [4.78, 5) is 62.5. The third kappa shape index (κ3) is 7.77. The number of carbonyl (C=O) groups is 5. The molecule has 1 fully saturated rings. The number of carboxylic acid groups (broad SMARTS) is 1. The van der Waals surface area contributed by atoms with E-state index in [-0.39, 0.29) is 18.3 Å². The highest BCUT2D eigenvalue weighted by atomic mass is 16.4. The van der Waals surface area contributed by atoms with Gasteiger partial charge in [0, 0.05) is 6.54 Å². The van der Waals surface area contributed by atoms with Crippen molar-refractivity contribution in [1.82, 2.24) is 15.5 Å². The first kappa shape index (κ1) is 27.3. The second-order valence-corrected chi connectivity index (χ2v) is 8.87. The predicted octanol–water partition coefficient (Wildman–Crippen LogP) is -0.673. The van der Waals surface area contributed by atoms with Crippen LogP contribution in [0.25, 0.3) is 0 Å². The smallest absolute Gasteiger partial charge is 0.326 e. The second-order valence-electron chi connectivity index (χ2n) is 8.87. The van der Waals surface area contributed by atoms with Gasteiger partial charge in [-0.05, 0) is 31.1 Å². The van der Waals surface area contributed by atoms with Gasteiger partial charge in [-0.3, -0.25) is 19.2 Å². The van der Waals surface area contributed by atoms with Gasteiger partial charge >= 0.3 is 5.97 Å². The molecule has 1 aliphatic heterocycles. The van der Waals surface area contributed by atoms with Crippen molar-refractivity contribution < 1.29 is 29.1 Å². The van der Waals surface area contributed by atoms with E-state index in [1.165, 1.54) is 4.90 Å². The van der Waals surface area contributed by atoms with Gasteiger partial charge < -0.3 is 32.1 Å². The summed E-state index contributed by atoms with van der Waals surface area (Å²) in [6, 6.07) is -4.01. The van der Waals surface area contributed by atoms with Crippen LogP contribution in [0.15, 0.2) is 0 Å². The summed E-state index contributed by atoms with van der Waals surface area (Å²) in [5.74, 6) is -3.75. The molecule has 0 aromatic carbocycles. The van der Waals surface area contributed by atoms with Gasteiger partial charge in [0.05, 0.1) is 12.5 Å². The highest BCUT2D eigenvalue weighted by molar-refractivity contribution is 5.95. The molecule has 0 spiro atoms. The summed E-state index contributed by atoms with van der Waals surface area (Å²) in [5, 5.41) is 14.7. The van der Waals surface area contributed by atoms with Gasteiger partial charge in [0.15, 0.2) is 0 Å². The molecule has 0 bridgehead atoms. The van der Waals surface area contributed by atoms with Gasteiger partial charge in [-0.25, -0.2) is 4.79 Å². The summed E-state index contributed by atoms with van der Waals surface area (Å²) in [5.41, 5.74) is 10.8. The zero-order valence-electron chi connectivity index (χ0n) is 19.3. The van der Waals surface area contributed by atoms with Crippen LogP contribution in [0.3, 0.4) is 0 Å². The van der Waals surface area contributed by atoms with Gasteiger partial charge in [0.2, 0.25) is 23.6 Å². The highest BCUT2D eigenvalue weighted by Crippen LogP contribution is 2.21. The van der Waals surface area contributed by atoms with Crippen molar-refractivity contribution in [1.29, 1.82) is 0 Å². The minimum atomic E-state index is -1.19. The molecule has 0 aliphatic carbocycles. The first-order valence-electron chi connectivity index (χ1n) is 11.1. The lowest BCUT2D eigenvalue weighted by molar-refractivity contribution is -0.149. The lowest BCUT2D eigenvalue weighted by Crippen LogP contribution is -2.59. The molecule has 1 aliphatic rings. The Kier molecular flexibility index (Phi) is 10.6. The lowest BCUT2D eigenvalue weighted by atomic mass is 9.96. The number of carboxylic acids is 1. The second kappa shape index (κ2) is 12.4. The lowest BCUT2D eigenvalue weighted by Gasteiger charge is -2.31. The Morgan fingerprint density at radius 1 is 1.09 bits per heavy atom. The molecule has 11 heteroatoms. The van der Waals surface area contributed by atoms with E-state index < -0.39 is 53.8 Å². The molecule has 1 rings (SSSR count). The maximum Gasteiger partial charge on any atom is 0.326 e. The largest absolute Gasteiger partial charge is 0.480 e. The zero-order chi connectivity index (χ0) is 24.6. The van der Waals surface area contributed by atoms with Crippen LogP contribution >= 0.6 is 0 Å². The summed E-state index contributed by atoms with van der Waals surface area (Å²) in [7, 11) is 0. The van der Waals surface area contributed by atoms with Crippen molar-refractivity contribution in [3.8, 4) is 0 Å². The fourth-order valence-corrected chi connectivity index (χ4v) is 3.71. The third-order valence-corrected chi connectivity index (χ3v) is 5.69. The number of likely N-dealkylation sites (tertiary alicyclic amines) is 1. The molecule has 0 aromatic heterocycles. The number of nitrogens with zero attached hydrogens (tertiary/aromatic N) is 1. The Bertz CT molecular complexity index is 713. The van der Waals surface area contributed by atoms with Gasteiger partial charge in [-0.1, -0.05) is 34.1 Å². The SMILES string of the molecule is CCC(C)C(NC(=O)C(N)CC(N)=O)C(=O)NC(CC(C)C)C(=O)N1CCCC1C(=O)O. The standard InChI is InChI=1S/C21H37N5O6/c1-5-12(4)17(25-18(28)13(22)10-16(23)27)19(29)24-14(9-11(2)3)20(30)26-8-6-7-15(26)21(31)32/h11-15,17H,5-10,22H2,1-4H3,(H2,23,27)(H,24,29)(H,25,28)(H,31,32). The molecule has 7 N–H and O–H groups in total. The van der Waals surface area contributed by atoms with Crippen LogP contribution in [0.5, 0.6) is 0 Å². The van der Waals surface area contributed by atoms with Crippen molar-refractivity contribution >= 4 is 29.6 Å². The predicted molar refractivity (Wildman–Crippen MR) is 117 cm³/mol. The fourth-order valence-electron chi connectivity index (χ4n) is 3.71. The van der Waals surface area contributed by atoms with E-state index in [4.69, 9.17) is 11.5 Å². The van der Waals surface area contributed by atoms with Crippen molar-refractivity contribution in [2.45, 2.75) is 84.0 Å². The number of nitrogens with two attached hydrogens (primary N) is 2. The van der Waals surface area contributed by atoms with Crippen LogP contribution in [0.4, 0.5) is 0 Å². The monoisotopic (exact) mass is 455 g/mol. The molecule has 0 aromatic rings. The topological polar surface area (TPSA) is 185 Å². The van der Waals surface area contributed by atoms with Crippen LogP contribution in [0.2, 0.25) is 0 Å². The average molecular weight is 456 g/mol. The minimum absolute atomic E-state index is 0.0516. The summed E-state index contributed by atoms with van der Waals surface area (Å²) in [6.45, 7) is 7.71. The van der Waals surface area contributed by atoms with Crippen LogP contribution < -0.4 is 22.1 Å². The van der Waals surface area contributed by atoms with Crippen molar-refractivity contribution in [3.63, 3.8) is 0 Å². The van der Waals surface area contributed by atoms with Gasteiger partial charge in [-0.15, -0.1) is 0 Å². The number of aliphatic carboxylic acids is 1. The quantitative estimate of drug-likeness (QED) is 0.258. The van der Waals surface area contributed by atoms with Crippen LogP contribution in [-0.4, -0.2) is 70.3 Å². The van der Waals surface area contributed by atoms with Crippen molar-refractivity contribution in [2.75, 3.05) is 6.54 Å². The Morgan fingerprint density at radius 2 is 1.72 bits per heavy atom. The normalized spacial score (nSPS) is 19.7. The van der Waals surface area contributed by atoms with E-state index in [0.29, 0.717) is 32.2 Å². The van der Waals surface area contributed by atoms with E-state index in [0.717, 1.165) is 0 Å². The number of rotatable bonds is 12. The van der Waals surface area contributed by atoms with Crippen LogP contribution in [-0.2, 0) is 24.0 Å². The molecular formula is C21H37N5O6. The van der Waals surface area contributed by atoms with E-state index >= 15 is 0 Å². The van der Waals surface area contributed by atoms with Gasteiger partial charge in [-0.2, -0.15) is 0 Å². The van der Waals surface area contributed by atoms with Gasteiger partial charge in [0.1, 0.15) is 18.1 Å². The zero-order valence-corrected chi connectivity index (χ0v) is 19.3. The number of nitrogens with one attached hydrogen (secondary N) is 2. The molecule has 0 radical (unpaired) electrons. The first-order valence-corrected chi connectivity index (χ1v) is 11.1. The van der Waals surface area contributed by atoms with Crippen molar-refractivity contribution in [2.24, 2.45) is 23.3 Å². The molecular weight excluding hydrogens is 418 g/mol. The Balaban J connectivity index is 3.02. The van der Waals surface area contributed by atoms with Crippen LogP contribution in [0, 0.1) is 11.8 Å². The van der Waals surface area contributed by atoms with E-state index in [1.807, 2.05) is 20.8 Å². The number of amides is 4. The Morgan fingerprint density at radius 3 is 2.22 bits per heavy atom.